The van der Waals surface area contributed by atoms with Crippen molar-refractivity contribution in [2.75, 3.05) is 69.5 Å². The molecule has 0 aliphatic heterocycles. The topological polar surface area (TPSA) is 380 Å². The number of nitrogens with zero attached hydrogens (tertiary/aromatic N) is 1. The van der Waals surface area contributed by atoms with Gasteiger partial charge in [-0.3, -0.25) is 38.5 Å². The molecule has 0 fully saturated rings. The first-order valence-electron chi connectivity index (χ1n) is 40.7. The van der Waals surface area contributed by atoms with Crippen LogP contribution >= 0.6 is 0 Å². The SMILES string of the molecule is CC.CC.CC.CC.CC.CC.CCC(C)(C)C(=O)NCCCN.CCC(C)(C)C(=O)NCCCN.CCC(C)(C)C(=O)NCCCNC(=O)c1ccc(O[B]O)cc1.CCC(C)(C)C(=O)NCCCNCCC(=O)Nc1cccc(O[B]O)c1.CCC(C)C(=O)Nc1cccc(B(O)O)c1.CCC(C)c1ccncc1. The summed E-state index contributed by atoms with van der Waals surface area (Å²) >= 11 is 0. The van der Waals surface area contributed by atoms with Crippen LogP contribution in [0.5, 0.6) is 11.5 Å². The highest BCUT2D eigenvalue weighted by molar-refractivity contribution is 6.58. The van der Waals surface area contributed by atoms with E-state index in [0.29, 0.717) is 120 Å². The summed E-state index contributed by atoms with van der Waals surface area (Å²) < 4.78 is 9.62. The molecule has 4 rings (SSSR count). The van der Waals surface area contributed by atoms with E-state index in [0.717, 1.165) is 57.9 Å². The third kappa shape index (κ3) is 62.8. The summed E-state index contributed by atoms with van der Waals surface area (Å²) in [4.78, 5) is 86.0. The van der Waals surface area contributed by atoms with Gasteiger partial charge in [-0.2, -0.15) is 0 Å². The normalized spacial score (nSPS) is 10.5. The molecule has 0 saturated carbocycles. The third-order valence-electron chi connectivity index (χ3n) is 16.6. The Bertz CT molecular complexity index is 2850. The Hall–Kier alpha value is -7.39. The number of rotatable bonds is 37. The molecule has 4 aromatic rings. The van der Waals surface area contributed by atoms with Gasteiger partial charge in [0.1, 0.15) is 11.5 Å². The quantitative estimate of drug-likeness (QED) is 0.0147. The van der Waals surface area contributed by atoms with Crippen LogP contribution in [-0.2, 0) is 28.8 Å². The second kappa shape index (κ2) is 77.9. The molecule has 16 N–H and O–H groups in total. The minimum Gasteiger partial charge on any atom is -0.537 e. The summed E-state index contributed by atoms with van der Waals surface area (Å²) in [5, 5.41) is 58.1. The second-order valence-electron chi connectivity index (χ2n) is 26.2. The van der Waals surface area contributed by atoms with Crippen LogP contribution in [0.1, 0.15) is 286 Å². The molecule has 0 spiro atoms. The molecule has 3 aromatic carbocycles. The monoisotopic (exact) mass is 1560 g/mol. The van der Waals surface area contributed by atoms with Gasteiger partial charge in [0.2, 0.25) is 35.4 Å². The lowest BCUT2D eigenvalue weighted by Gasteiger charge is -2.21. The van der Waals surface area contributed by atoms with Crippen molar-refractivity contribution in [3.05, 3.63) is 108 Å². The molecule has 636 valence electrons. The Kier molecular flexibility index (Phi) is 83.8. The summed E-state index contributed by atoms with van der Waals surface area (Å²) in [6.45, 7) is 61.3. The highest BCUT2D eigenvalue weighted by Gasteiger charge is 2.27. The average Bonchev–Trinajstić information content (AvgIpc) is 0.764. The number of anilines is 2. The van der Waals surface area contributed by atoms with Gasteiger partial charge in [-0.15, -0.1) is 0 Å². The average molecular weight is 1560 g/mol. The van der Waals surface area contributed by atoms with Crippen molar-refractivity contribution in [1.29, 1.82) is 0 Å². The number of nitrogens with one attached hydrogen (secondary N) is 8. The predicted molar refractivity (Wildman–Crippen MR) is 469 cm³/mol. The number of hydrogen-bond acceptors (Lipinski definition) is 17. The van der Waals surface area contributed by atoms with Crippen molar-refractivity contribution in [2.45, 2.75) is 270 Å². The Balaban J connectivity index is -0.000000191. The van der Waals surface area contributed by atoms with Gasteiger partial charge in [-0.05, 0) is 161 Å². The van der Waals surface area contributed by atoms with Crippen molar-refractivity contribution in [3.63, 3.8) is 0 Å². The molecule has 0 bridgehead atoms. The Morgan fingerprint density at radius 3 is 1.23 bits per heavy atom. The number of aromatic nitrogens is 1. The van der Waals surface area contributed by atoms with Crippen LogP contribution in [0.3, 0.4) is 0 Å². The number of hydrogen-bond donors (Lipinski definition) is 14. The van der Waals surface area contributed by atoms with Crippen molar-refractivity contribution < 1.29 is 63.0 Å². The first-order chi connectivity index (χ1) is 52.8. The highest BCUT2D eigenvalue weighted by Crippen LogP contribution is 2.23. The van der Waals surface area contributed by atoms with E-state index in [4.69, 9.17) is 40.9 Å². The first kappa shape index (κ1) is 119. The zero-order valence-electron chi connectivity index (χ0n) is 74.3. The molecule has 0 saturated heterocycles. The molecule has 0 aliphatic carbocycles. The maximum Gasteiger partial charge on any atom is 0.569 e. The van der Waals surface area contributed by atoms with E-state index >= 15 is 0 Å². The van der Waals surface area contributed by atoms with Crippen LogP contribution in [0.25, 0.3) is 0 Å². The number of amides is 7. The molecule has 1 aromatic heterocycles. The van der Waals surface area contributed by atoms with Crippen molar-refractivity contribution in [3.8, 4) is 11.5 Å². The lowest BCUT2D eigenvalue weighted by Crippen LogP contribution is -2.38. The van der Waals surface area contributed by atoms with Gasteiger partial charge in [0.05, 0.1) is 0 Å². The molecule has 0 aliphatic rings. The molecule has 111 heavy (non-hydrogen) atoms. The number of pyridine rings is 1. The first-order valence-corrected chi connectivity index (χ1v) is 40.7. The van der Waals surface area contributed by atoms with Gasteiger partial charge in [0, 0.05) is 109 Å². The smallest absolute Gasteiger partial charge is 0.537 e. The van der Waals surface area contributed by atoms with Crippen LogP contribution in [0.4, 0.5) is 11.4 Å². The van der Waals surface area contributed by atoms with Crippen molar-refractivity contribution in [2.24, 2.45) is 39.0 Å². The molecular weight excluding hydrogens is 1400 g/mol. The van der Waals surface area contributed by atoms with E-state index < -0.39 is 7.12 Å². The lowest BCUT2D eigenvalue weighted by atomic mass is 9.80. The number of carbonyl (C=O) groups is 7. The second-order valence-corrected chi connectivity index (χ2v) is 26.2. The molecule has 27 heteroatoms. The molecule has 2 radical (unpaired) electrons. The van der Waals surface area contributed by atoms with Gasteiger partial charge in [0.15, 0.2) is 0 Å². The fourth-order valence-electron chi connectivity index (χ4n) is 7.38. The maximum absolute atomic E-state index is 11.9. The van der Waals surface area contributed by atoms with Crippen LogP contribution in [0, 0.1) is 27.6 Å². The molecule has 2 atom stereocenters. The van der Waals surface area contributed by atoms with Gasteiger partial charge in [0.25, 0.3) is 5.91 Å². The van der Waals surface area contributed by atoms with Crippen molar-refractivity contribution >= 4 is 80.7 Å². The summed E-state index contributed by atoms with van der Waals surface area (Å²) in [6, 6.07) is 23.8. The predicted octanol–water partition coefficient (Wildman–Crippen LogP) is 13.6. The summed E-state index contributed by atoms with van der Waals surface area (Å²) in [6.07, 6.45) is 12.5. The zero-order chi connectivity index (χ0) is 87.5. The van der Waals surface area contributed by atoms with Gasteiger partial charge < -0.3 is 83.4 Å². The van der Waals surface area contributed by atoms with Crippen LogP contribution in [0.15, 0.2) is 97.3 Å². The van der Waals surface area contributed by atoms with Gasteiger partial charge >= 0.3 is 22.5 Å². The van der Waals surface area contributed by atoms with Gasteiger partial charge in [-0.1, -0.05) is 212 Å². The van der Waals surface area contributed by atoms with E-state index in [-0.39, 0.29) is 68.9 Å². The minimum atomic E-state index is -1.51. The minimum absolute atomic E-state index is 0.0302. The fourth-order valence-corrected chi connectivity index (χ4v) is 7.38. The Labute approximate surface area is 676 Å². The number of carbonyl (C=O) groups excluding carboxylic acids is 7. The maximum atomic E-state index is 11.9. The van der Waals surface area contributed by atoms with E-state index in [1.807, 2.05) is 192 Å². The third-order valence-corrected chi connectivity index (χ3v) is 16.6. The van der Waals surface area contributed by atoms with Gasteiger partial charge in [-0.25, -0.2) is 0 Å². The summed E-state index contributed by atoms with van der Waals surface area (Å²) in [5.74, 6) is 1.49. The Morgan fingerprint density at radius 2 is 0.847 bits per heavy atom. The van der Waals surface area contributed by atoms with Crippen LogP contribution in [0.2, 0.25) is 0 Å². The summed E-state index contributed by atoms with van der Waals surface area (Å²) in [5.41, 5.74) is 12.9. The molecule has 2 unspecified atom stereocenters. The fraction of sp³-hybridized carbons (Fsp3) is 0.643. The van der Waals surface area contributed by atoms with E-state index in [9.17, 15) is 33.6 Å². The standard InChI is InChI=1S/C18H29BN3O4.C16H24BN2O4.C11H16BNO3.2C9H20N2O.C9H13N.6C2H6/c1-4-18(2,3)17(24)21-11-6-10-20-12-9-16(23)22-14-7-5-8-15(13-14)26-19-25;1-4-16(2,3)15(21)19-11-5-10-18-14(20)12-6-8-13(9-7-12)23-17-22;1-3-8(2)11(14)13-10-6-4-5-9(7-10)12(15)16;2*1-4-9(2,3)8(12)11-7-5-6-10;1-3-8(2)9-4-6-10-7-5-9;6*1-2/h5,7-8,13,20,25H,4,6,9-12H2,1-3H3,(H,21,24)(H,22,23);6-9,22H,4-5,10-11H2,1-3H3,(H,18,20)(H,19,21);4-8,15-16H,3H2,1-2H3,(H,13,14);2*4-7,10H2,1-3H3,(H,11,12);4-8H,3H2,1-2H3;6*1-2H3. The number of nitrogens with two attached hydrogens (primary N) is 2. The highest BCUT2D eigenvalue weighted by atomic mass is 16.5. The zero-order valence-corrected chi connectivity index (χ0v) is 74.3. The Morgan fingerprint density at radius 1 is 0.468 bits per heavy atom. The molecule has 1 heterocycles. The molecule has 7 amide bonds. The van der Waals surface area contributed by atoms with Crippen LogP contribution in [-0.4, -0.2) is 148 Å². The van der Waals surface area contributed by atoms with E-state index in [2.05, 4.69) is 73.5 Å². The molecule has 24 nitrogen and oxygen atoms in total. The summed E-state index contributed by atoms with van der Waals surface area (Å²) in [7, 11) is -0.333. The molecular formula is C84H158B3N11O13. The van der Waals surface area contributed by atoms with Crippen LogP contribution < -0.4 is 68.8 Å². The lowest BCUT2D eigenvalue weighted by molar-refractivity contribution is -0.130. The largest absolute Gasteiger partial charge is 0.569 e. The van der Waals surface area contributed by atoms with E-state index in [1.165, 1.54) is 12.0 Å². The number of benzene rings is 3. The van der Waals surface area contributed by atoms with Crippen molar-refractivity contribution in [1.82, 2.24) is 36.9 Å². The van der Waals surface area contributed by atoms with E-state index in [1.54, 1.807) is 72.8 Å².